The van der Waals surface area contributed by atoms with Crippen LogP contribution in [0.1, 0.15) is 20.9 Å². The average Bonchev–Trinajstić information content (AvgIpc) is 3.12. The van der Waals surface area contributed by atoms with Gasteiger partial charge in [-0.05, 0) is 42.5 Å². The molecule has 0 spiro atoms. The second-order valence-corrected chi connectivity index (χ2v) is 6.52. The van der Waals surface area contributed by atoms with E-state index in [0.717, 1.165) is 6.07 Å². The number of carbonyl (C=O) groups excluding carboxylic acids is 2. The zero-order valence-corrected chi connectivity index (χ0v) is 15.8. The molecule has 2 N–H and O–H groups in total. The second-order valence-electron chi connectivity index (χ2n) is 6.52. The van der Waals surface area contributed by atoms with Gasteiger partial charge in [0.2, 0.25) is 5.76 Å². The van der Waals surface area contributed by atoms with Gasteiger partial charge in [0.25, 0.3) is 17.5 Å². The number of rotatable bonds is 5. The van der Waals surface area contributed by atoms with Crippen molar-refractivity contribution in [3.05, 3.63) is 100 Å². The van der Waals surface area contributed by atoms with Crippen molar-refractivity contribution in [3.63, 3.8) is 0 Å². The van der Waals surface area contributed by atoms with Crippen molar-refractivity contribution in [2.75, 3.05) is 10.6 Å². The zero-order valence-electron chi connectivity index (χ0n) is 15.8. The van der Waals surface area contributed by atoms with Crippen molar-refractivity contribution in [1.29, 1.82) is 0 Å². The van der Waals surface area contributed by atoms with Crippen molar-refractivity contribution in [1.82, 2.24) is 0 Å². The van der Waals surface area contributed by atoms with Crippen molar-refractivity contribution < 1.29 is 23.3 Å². The summed E-state index contributed by atoms with van der Waals surface area (Å²) in [7, 11) is 0. The van der Waals surface area contributed by atoms with Crippen LogP contribution in [0.5, 0.6) is 0 Å². The van der Waals surface area contributed by atoms with E-state index < -0.39 is 22.6 Å². The molecular formula is C22H14FN3O5. The minimum Gasteiger partial charge on any atom is -0.449 e. The third-order valence-corrected chi connectivity index (χ3v) is 4.46. The number of benzene rings is 3. The fourth-order valence-electron chi connectivity index (χ4n) is 3.00. The van der Waals surface area contributed by atoms with E-state index in [-0.39, 0.29) is 28.4 Å². The zero-order chi connectivity index (χ0) is 22.0. The Labute approximate surface area is 174 Å². The second kappa shape index (κ2) is 8.07. The first kappa shape index (κ1) is 19.8. The van der Waals surface area contributed by atoms with Crippen molar-refractivity contribution in [2.24, 2.45) is 0 Å². The molecule has 4 rings (SSSR count). The van der Waals surface area contributed by atoms with Crippen LogP contribution in [-0.4, -0.2) is 16.7 Å². The van der Waals surface area contributed by atoms with E-state index in [1.165, 1.54) is 42.5 Å². The number of amides is 2. The number of non-ortho nitro benzene ring substituents is 1. The maximum atomic E-state index is 13.4. The van der Waals surface area contributed by atoms with E-state index in [2.05, 4.69) is 10.6 Å². The van der Waals surface area contributed by atoms with Crippen LogP contribution >= 0.6 is 0 Å². The Morgan fingerprint density at radius 1 is 0.903 bits per heavy atom. The molecule has 8 nitrogen and oxygen atoms in total. The van der Waals surface area contributed by atoms with Crippen molar-refractivity contribution in [2.45, 2.75) is 0 Å². The first-order valence-electron chi connectivity index (χ1n) is 9.06. The number of nitro groups is 1. The highest BCUT2D eigenvalue weighted by molar-refractivity contribution is 6.16. The topological polar surface area (TPSA) is 114 Å². The van der Waals surface area contributed by atoms with Crippen LogP contribution in [0.3, 0.4) is 0 Å². The summed E-state index contributed by atoms with van der Waals surface area (Å²) in [6.45, 7) is 0. The number of hydrogen-bond acceptors (Lipinski definition) is 5. The van der Waals surface area contributed by atoms with E-state index in [9.17, 15) is 24.1 Å². The SMILES string of the molecule is O=C(Nc1c(C(=O)Nc2cccc(F)c2)oc2ccccc12)c1ccc([N+](=O)[O-])cc1. The molecule has 31 heavy (non-hydrogen) atoms. The summed E-state index contributed by atoms with van der Waals surface area (Å²) in [5.74, 6) is -1.95. The third-order valence-electron chi connectivity index (χ3n) is 4.46. The van der Waals surface area contributed by atoms with Gasteiger partial charge in [-0.1, -0.05) is 18.2 Å². The summed E-state index contributed by atoms with van der Waals surface area (Å²) in [4.78, 5) is 35.7. The molecule has 1 heterocycles. The van der Waals surface area contributed by atoms with Gasteiger partial charge in [0, 0.05) is 28.8 Å². The summed E-state index contributed by atoms with van der Waals surface area (Å²) < 4.78 is 19.1. The molecule has 1 aromatic heterocycles. The number of anilines is 2. The fraction of sp³-hybridized carbons (Fsp3) is 0. The molecular weight excluding hydrogens is 405 g/mol. The minimum atomic E-state index is -0.680. The van der Waals surface area contributed by atoms with E-state index in [1.54, 1.807) is 24.3 Å². The molecule has 0 unspecified atom stereocenters. The molecule has 0 aliphatic heterocycles. The highest BCUT2D eigenvalue weighted by Gasteiger charge is 2.23. The average molecular weight is 419 g/mol. The van der Waals surface area contributed by atoms with Crippen molar-refractivity contribution in [3.8, 4) is 0 Å². The number of fused-ring (bicyclic) bond motifs is 1. The monoisotopic (exact) mass is 419 g/mol. The van der Waals surface area contributed by atoms with Crippen LogP contribution in [0.25, 0.3) is 11.0 Å². The van der Waals surface area contributed by atoms with Crippen LogP contribution in [0, 0.1) is 15.9 Å². The Hall–Kier alpha value is -4.53. The van der Waals surface area contributed by atoms with Gasteiger partial charge in [-0.25, -0.2) is 4.39 Å². The van der Waals surface area contributed by atoms with Gasteiger partial charge in [-0.3, -0.25) is 19.7 Å². The summed E-state index contributed by atoms with van der Waals surface area (Å²) in [5.41, 5.74) is 0.727. The summed E-state index contributed by atoms with van der Waals surface area (Å²) in [6, 6.07) is 17.1. The standard InChI is InChI=1S/C22H14FN3O5/c23-14-4-3-5-15(12-14)24-22(28)20-19(17-6-1-2-7-18(17)31-20)25-21(27)13-8-10-16(11-9-13)26(29)30/h1-12H,(H,24,28)(H,25,27). The normalized spacial score (nSPS) is 10.6. The number of nitrogens with one attached hydrogen (secondary N) is 2. The van der Waals surface area contributed by atoms with Gasteiger partial charge in [-0.2, -0.15) is 0 Å². The Morgan fingerprint density at radius 2 is 1.65 bits per heavy atom. The lowest BCUT2D eigenvalue weighted by atomic mass is 10.1. The predicted molar refractivity (Wildman–Crippen MR) is 112 cm³/mol. The van der Waals surface area contributed by atoms with E-state index in [0.29, 0.717) is 11.0 Å². The molecule has 4 aromatic rings. The maximum absolute atomic E-state index is 13.4. The molecule has 0 bridgehead atoms. The number of nitrogens with zero attached hydrogens (tertiary/aromatic N) is 1. The van der Waals surface area contributed by atoms with E-state index in [4.69, 9.17) is 4.42 Å². The lowest BCUT2D eigenvalue weighted by Gasteiger charge is -2.07. The summed E-state index contributed by atoms with van der Waals surface area (Å²) >= 11 is 0. The number of furan rings is 1. The number of carbonyl (C=O) groups is 2. The van der Waals surface area contributed by atoms with Crippen LogP contribution in [-0.2, 0) is 0 Å². The number of hydrogen-bond donors (Lipinski definition) is 2. The Kier molecular flexibility index (Phi) is 5.15. The highest BCUT2D eigenvalue weighted by atomic mass is 19.1. The largest absolute Gasteiger partial charge is 0.449 e. The van der Waals surface area contributed by atoms with Gasteiger partial charge in [0.1, 0.15) is 17.1 Å². The molecule has 0 saturated heterocycles. The van der Waals surface area contributed by atoms with Gasteiger partial charge in [-0.15, -0.1) is 0 Å². The Balaban J connectivity index is 1.67. The maximum Gasteiger partial charge on any atom is 0.293 e. The van der Waals surface area contributed by atoms with Crippen LogP contribution in [0.2, 0.25) is 0 Å². The fourth-order valence-corrected chi connectivity index (χ4v) is 3.00. The molecule has 0 aliphatic carbocycles. The van der Waals surface area contributed by atoms with E-state index >= 15 is 0 Å². The van der Waals surface area contributed by atoms with Crippen LogP contribution in [0.15, 0.2) is 77.2 Å². The van der Waals surface area contributed by atoms with Crippen LogP contribution < -0.4 is 10.6 Å². The lowest BCUT2D eigenvalue weighted by Crippen LogP contribution is -2.17. The van der Waals surface area contributed by atoms with Gasteiger partial charge >= 0.3 is 0 Å². The number of para-hydroxylation sites is 1. The molecule has 0 aliphatic rings. The highest BCUT2D eigenvalue weighted by Crippen LogP contribution is 2.32. The Morgan fingerprint density at radius 3 is 2.35 bits per heavy atom. The lowest BCUT2D eigenvalue weighted by molar-refractivity contribution is -0.384. The molecule has 154 valence electrons. The number of halogens is 1. The first-order valence-corrected chi connectivity index (χ1v) is 9.06. The van der Waals surface area contributed by atoms with Crippen LogP contribution in [0.4, 0.5) is 21.5 Å². The number of nitro benzene ring substituents is 1. The predicted octanol–water partition coefficient (Wildman–Crippen LogP) is 4.98. The Bertz CT molecular complexity index is 1310. The molecule has 9 heteroatoms. The molecule has 0 radical (unpaired) electrons. The minimum absolute atomic E-state index is 0.132. The molecule has 0 saturated carbocycles. The smallest absolute Gasteiger partial charge is 0.293 e. The molecule has 2 amide bonds. The van der Waals surface area contributed by atoms with Gasteiger partial charge < -0.3 is 15.1 Å². The third kappa shape index (κ3) is 4.10. The van der Waals surface area contributed by atoms with Gasteiger partial charge in [0.15, 0.2) is 0 Å². The summed E-state index contributed by atoms with van der Waals surface area (Å²) in [5, 5.41) is 16.5. The molecule has 0 atom stereocenters. The van der Waals surface area contributed by atoms with Crippen molar-refractivity contribution >= 4 is 39.8 Å². The first-order chi connectivity index (χ1) is 14.9. The van der Waals surface area contributed by atoms with E-state index in [1.807, 2.05) is 0 Å². The quantitative estimate of drug-likeness (QED) is 0.350. The van der Waals surface area contributed by atoms with Gasteiger partial charge in [0.05, 0.1) is 4.92 Å². The molecule has 3 aromatic carbocycles. The summed E-state index contributed by atoms with van der Waals surface area (Å²) in [6.07, 6.45) is 0. The molecule has 0 fully saturated rings.